The highest BCUT2D eigenvalue weighted by molar-refractivity contribution is 5.93. The van der Waals surface area contributed by atoms with E-state index in [1.807, 2.05) is 0 Å². The number of oxazole rings is 1. The molecule has 0 unspecified atom stereocenters. The summed E-state index contributed by atoms with van der Waals surface area (Å²) in [5.41, 5.74) is 0.391. The summed E-state index contributed by atoms with van der Waals surface area (Å²) in [7, 11) is 0. The van der Waals surface area contributed by atoms with Gasteiger partial charge in [-0.15, -0.1) is 0 Å². The Labute approximate surface area is 79.0 Å². The molecule has 2 rings (SSSR count). The largest absolute Gasteiger partial charge is 0.478 e. The van der Waals surface area contributed by atoms with Crippen molar-refractivity contribution < 1.29 is 14.3 Å². The van der Waals surface area contributed by atoms with Crippen molar-refractivity contribution in [3.63, 3.8) is 0 Å². The molecule has 0 bridgehead atoms. The van der Waals surface area contributed by atoms with Crippen LogP contribution in [-0.2, 0) is 0 Å². The Morgan fingerprint density at radius 1 is 1.50 bits per heavy atom. The molecule has 5 heteroatoms. The Morgan fingerprint density at radius 3 is 3.00 bits per heavy atom. The van der Waals surface area contributed by atoms with Crippen LogP contribution in [0.4, 0.5) is 0 Å². The lowest BCUT2D eigenvalue weighted by molar-refractivity contribution is 0.0697. The first kappa shape index (κ1) is 8.43. The monoisotopic (exact) mass is 190 g/mol. The van der Waals surface area contributed by atoms with Gasteiger partial charge in [-0.25, -0.2) is 9.78 Å². The third-order valence-electron chi connectivity index (χ3n) is 1.70. The quantitative estimate of drug-likeness (QED) is 0.775. The second kappa shape index (κ2) is 3.29. The van der Waals surface area contributed by atoms with Crippen molar-refractivity contribution in [3.05, 3.63) is 36.5 Å². The summed E-state index contributed by atoms with van der Waals surface area (Å²) >= 11 is 0. The normalized spacial score (nSPS) is 10.0. The number of rotatable bonds is 2. The third kappa shape index (κ3) is 1.35. The highest BCUT2D eigenvalue weighted by atomic mass is 16.4. The highest BCUT2D eigenvalue weighted by Gasteiger charge is 2.14. The lowest BCUT2D eigenvalue weighted by Crippen LogP contribution is -2.00. The molecule has 0 aromatic carbocycles. The molecule has 0 spiro atoms. The van der Waals surface area contributed by atoms with Gasteiger partial charge in [-0.1, -0.05) is 0 Å². The molecule has 0 atom stereocenters. The van der Waals surface area contributed by atoms with Gasteiger partial charge in [0.25, 0.3) is 0 Å². The van der Waals surface area contributed by atoms with Crippen LogP contribution in [-0.4, -0.2) is 21.0 Å². The van der Waals surface area contributed by atoms with Gasteiger partial charge in [0.15, 0.2) is 12.2 Å². The summed E-state index contributed by atoms with van der Waals surface area (Å²) in [6.07, 6.45) is 4.16. The van der Waals surface area contributed by atoms with Crippen LogP contribution in [0.1, 0.15) is 10.4 Å². The number of aromatic carboxylic acids is 1. The van der Waals surface area contributed by atoms with Crippen molar-refractivity contribution in [2.75, 3.05) is 0 Å². The maximum Gasteiger partial charge on any atom is 0.338 e. The number of nitrogens with zero attached hydrogens (tertiary/aromatic N) is 2. The van der Waals surface area contributed by atoms with Crippen LogP contribution in [0.3, 0.4) is 0 Å². The van der Waals surface area contributed by atoms with Gasteiger partial charge in [-0.3, -0.25) is 4.98 Å². The number of carbonyl (C=O) groups is 1. The minimum Gasteiger partial charge on any atom is -0.478 e. The van der Waals surface area contributed by atoms with Gasteiger partial charge < -0.3 is 9.52 Å². The van der Waals surface area contributed by atoms with Crippen LogP contribution in [0.5, 0.6) is 0 Å². The van der Waals surface area contributed by atoms with Crippen LogP contribution in [0.2, 0.25) is 0 Å². The third-order valence-corrected chi connectivity index (χ3v) is 1.70. The van der Waals surface area contributed by atoms with E-state index < -0.39 is 5.97 Å². The van der Waals surface area contributed by atoms with Crippen molar-refractivity contribution >= 4 is 5.97 Å². The average Bonchev–Trinajstić information content (AvgIpc) is 2.70. The summed E-state index contributed by atoms with van der Waals surface area (Å²) < 4.78 is 4.97. The van der Waals surface area contributed by atoms with E-state index in [0.717, 1.165) is 0 Å². The zero-order chi connectivity index (χ0) is 9.97. The Hall–Kier alpha value is -2.17. The van der Waals surface area contributed by atoms with Crippen LogP contribution in [0, 0.1) is 0 Å². The second-order valence-electron chi connectivity index (χ2n) is 2.57. The first-order valence-corrected chi connectivity index (χ1v) is 3.86. The number of carboxylic acid groups (broad SMARTS) is 1. The minimum atomic E-state index is -1.04. The van der Waals surface area contributed by atoms with E-state index in [9.17, 15) is 4.79 Å². The topological polar surface area (TPSA) is 76.2 Å². The number of hydrogen-bond donors (Lipinski definition) is 1. The van der Waals surface area contributed by atoms with Crippen molar-refractivity contribution in [2.45, 2.75) is 0 Å². The smallest absolute Gasteiger partial charge is 0.338 e. The standard InChI is InChI=1S/C9H6N2O3/c12-9(13)6-2-1-3-11-8(6)7-4-10-5-14-7/h1-5H,(H,12,13). The minimum absolute atomic E-state index is 0.101. The van der Waals surface area contributed by atoms with E-state index in [0.29, 0.717) is 5.76 Å². The second-order valence-corrected chi connectivity index (χ2v) is 2.57. The van der Waals surface area contributed by atoms with E-state index in [1.54, 1.807) is 6.07 Å². The predicted octanol–water partition coefficient (Wildman–Crippen LogP) is 1.43. The number of carboxylic acids is 1. The van der Waals surface area contributed by atoms with Crippen molar-refractivity contribution in [3.8, 4) is 11.5 Å². The summed E-state index contributed by atoms with van der Waals surface area (Å²) in [6.45, 7) is 0. The molecule has 2 heterocycles. The maximum atomic E-state index is 10.8. The number of hydrogen-bond acceptors (Lipinski definition) is 4. The molecular formula is C9H6N2O3. The first-order valence-electron chi connectivity index (χ1n) is 3.86. The SMILES string of the molecule is O=C(O)c1cccnc1-c1cnco1. The van der Waals surface area contributed by atoms with Gasteiger partial charge in [0.2, 0.25) is 0 Å². The molecule has 70 valence electrons. The van der Waals surface area contributed by atoms with E-state index in [1.165, 1.54) is 24.9 Å². The van der Waals surface area contributed by atoms with Crippen LogP contribution in [0.15, 0.2) is 35.3 Å². The lowest BCUT2D eigenvalue weighted by Gasteiger charge is -1.99. The van der Waals surface area contributed by atoms with Crippen LogP contribution < -0.4 is 0 Å². The Balaban J connectivity index is 2.58. The van der Waals surface area contributed by atoms with Crippen LogP contribution in [0.25, 0.3) is 11.5 Å². The van der Waals surface area contributed by atoms with E-state index >= 15 is 0 Å². The number of aromatic nitrogens is 2. The average molecular weight is 190 g/mol. The van der Waals surface area contributed by atoms with Crippen molar-refractivity contribution in [2.24, 2.45) is 0 Å². The molecule has 0 aliphatic carbocycles. The molecule has 0 amide bonds. The van der Waals surface area contributed by atoms with Crippen LogP contribution >= 0.6 is 0 Å². The van der Waals surface area contributed by atoms with Gasteiger partial charge >= 0.3 is 5.97 Å². The van der Waals surface area contributed by atoms with Gasteiger partial charge in [0.05, 0.1) is 11.8 Å². The molecule has 14 heavy (non-hydrogen) atoms. The molecule has 5 nitrogen and oxygen atoms in total. The van der Waals surface area contributed by atoms with Crippen molar-refractivity contribution in [1.29, 1.82) is 0 Å². The summed E-state index contributed by atoms with van der Waals surface area (Å²) in [4.78, 5) is 18.4. The molecule has 0 aliphatic rings. The van der Waals surface area contributed by atoms with Gasteiger partial charge in [-0.05, 0) is 12.1 Å². The molecular weight excluding hydrogens is 184 g/mol. The summed E-state index contributed by atoms with van der Waals surface area (Å²) in [5, 5.41) is 8.86. The van der Waals surface area contributed by atoms with E-state index in [-0.39, 0.29) is 11.3 Å². The van der Waals surface area contributed by atoms with Gasteiger partial charge in [0.1, 0.15) is 5.69 Å². The Bertz CT molecular complexity index is 451. The van der Waals surface area contributed by atoms with E-state index in [4.69, 9.17) is 9.52 Å². The molecule has 0 radical (unpaired) electrons. The molecule has 0 saturated heterocycles. The molecule has 0 saturated carbocycles. The Kier molecular flexibility index (Phi) is 1.98. The molecule has 2 aromatic heterocycles. The first-order chi connectivity index (χ1) is 6.79. The maximum absolute atomic E-state index is 10.8. The molecule has 1 N–H and O–H groups in total. The predicted molar refractivity (Wildman–Crippen MR) is 46.7 cm³/mol. The lowest BCUT2D eigenvalue weighted by atomic mass is 10.1. The summed E-state index contributed by atoms with van der Waals surface area (Å²) in [5.74, 6) is -0.687. The van der Waals surface area contributed by atoms with Gasteiger partial charge in [0, 0.05) is 6.20 Å². The van der Waals surface area contributed by atoms with Gasteiger partial charge in [-0.2, -0.15) is 0 Å². The number of pyridine rings is 1. The zero-order valence-corrected chi connectivity index (χ0v) is 7.04. The highest BCUT2D eigenvalue weighted by Crippen LogP contribution is 2.19. The fourth-order valence-corrected chi connectivity index (χ4v) is 1.11. The molecule has 0 fully saturated rings. The fourth-order valence-electron chi connectivity index (χ4n) is 1.11. The summed E-state index contributed by atoms with van der Waals surface area (Å²) in [6, 6.07) is 3.02. The Morgan fingerprint density at radius 2 is 2.36 bits per heavy atom. The zero-order valence-electron chi connectivity index (χ0n) is 7.04. The molecule has 2 aromatic rings. The fraction of sp³-hybridized carbons (Fsp3) is 0. The van der Waals surface area contributed by atoms with Crippen molar-refractivity contribution in [1.82, 2.24) is 9.97 Å². The van der Waals surface area contributed by atoms with E-state index in [2.05, 4.69) is 9.97 Å². The molecule has 0 aliphatic heterocycles.